The van der Waals surface area contributed by atoms with Crippen molar-refractivity contribution < 1.29 is 24.2 Å². The molecule has 0 unspecified atom stereocenters. The van der Waals surface area contributed by atoms with Gasteiger partial charge in [-0.25, -0.2) is 4.98 Å². The molecule has 0 aliphatic carbocycles. The second kappa shape index (κ2) is 10.4. The molecule has 4 rings (SSSR count). The zero-order chi connectivity index (χ0) is 25.8. The molecule has 0 aliphatic heterocycles. The van der Waals surface area contributed by atoms with Gasteiger partial charge in [0.15, 0.2) is 22.4 Å². The molecule has 3 aromatic carbocycles. The number of nitrogens with zero attached hydrogens (tertiary/aromatic N) is 1. The van der Waals surface area contributed by atoms with Crippen molar-refractivity contribution in [1.29, 1.82) is 0 Å². The number of hydrogen-bond donors (Lipinski definition) is 3. The number of benzene rings is 3. The molecule has 8 nitrogen and oxygen atoms in total. The molecular weight excluding hydrogens is 478 g/mol. The number of phenolic OH excluding ortho intramolecular Hbond substituents is 1. The first-order valence-electron chi connectivity index (χ1n) is 10.9. The number of ketones is 1. The van der Waals surface area contributed by atoms with Crippen LogP contribution in [0.15, 0.2) is 66.7 Å². The fraction of sp³-hybridized carbons (Fsp3) is 0.111. The topological polar surface area (TPSA) is 110 Å². The Morgan fingerprint density at radius 2 is 1.69 bits per heavy atom. The van der Waals surface area contributed by atoms with Crippen molar-refractivity contribution in [2.45, 2.75) is 6.92 Å². The Bertz CT molecular complexity index is 1500. The van der Waals surface area contributed by atoms with Gasteiger partial charge in [0.05, 0.1) is 36.7 Å². The number of ether oxygens (including phenoxy) is 2. The number of pyridine rings is 1. The number of thiocarbonyl (C=S) groups is 1. The van der Waals surface area contributed by atoms with Gasteiger partial charge in [-0.3, -0.25) is 14.9 Å². The van der Waals surface area contributed by atoms with E-state index in [0.29, 0.717) is 39.2 Å². The van der Waals surface area contributed by atoms with Crippen molar-refractivity contribution in [1.82, 2.24) is 10.3 Å². The van der Waals surface area contributed by atoms with Crippen molar-refractivity contribution in [3.8, 4) is 28.5 Å². The first kappa shape index (κ1) is 24.6. The van der Waals surface area contributed by atoms with Crippen LogP contribution in [0.5, 0.6) is 17.2 Å². The van der Waals surface area contributed by atoms with Crippen molar-refractivity contribution in [3.63, 3.8) is 0 Å². The van der Waals surface area contributed by atoms with Crippen LogP contribution in [0.4, 0.5) is 5.69 Å². The second-order valence-electron chi connectivity index (χ2n) is 7.84. The summed E-state index contributed by atoms with van der Waals surface area (Å²) in [5.74, 6) is 0.206. The van der Waals surface area contributed by atoms with Crippen LogP contribution < -0.4 is 20.1 Å². The van der Waals surface area contributed by atoms with Crippen LogP contribution in [0.3, 0.4) is 0 Å². The van der Waals surface area contributed by atoms with Crippen LogP contribution in [0.25, 0.3) is 22.2 Å². The number of phenols is 1. The zero-order valence-electron chi connectivity index (χ0n) is 19.8. The van der Waals surface area contributed by atoms with Gasteiger partial charge < -0.3 is 19.9 Å². The highest BCUT2D eigenvalue weighted by Gasteiger charge is 2.18. The van der Waals surface area contributed by atoms with E-state index in [1.54, 1.807) is 48.5 Å². The van der Waals surface area contributed by atoms with Gasteiger partial charge in [0.2, 0.25) is 0 Å². The molecule has 0 aliphatic rings. The highest BCUT2D eigenvalue weighted by molar-refractivity contribution is 7.80. The first-order valence-corrected chi connectivity index (χ1v) is 11.3. The van der Waals surface area contributed by atoms with Crippen LogP contribution in [-0.4, -0.2) is 41.1 Å². The number of hydrogen-bond acceptors (Lipinski definition) is 7. The van der Waals surface area contributed by atoms with E-state index in [-0.39, 0.29) is 28.0 Å². The van der Waals surface area contributed by atoms with E-state index >= 15 is 0 Å². The predicted octanol–water partition coefficient (Wildman–Crippen LogP) is 4.95. The minimum absolute atomic E-state index is 0.0149. The third-order valence-electron chi connectivity index (χ3n) is 5.52. The van der Waals surface area contributed by atoms with E-state index in [4.69, 9.17) is 21.7 Å². The molecule has 0 bridgehead atoms. The molecule has 1 aromatic heterocycles. The van der Waals surface area contributed by atoms with Crippen LogP contribution in [0, 0.1) is 0 Å². The first-order chi connectivity index (χ1) is 17.3. The lowest BCUT2D eigenvalue weighted by atomic mass is 10.0. The van der Waals surface area contributed by atoms with Crippen molar-refractivity contribution in [2.24, 2.45) is 0 Å². The highest BCUT2D eigenvalue weighted by atomic mass is 32.1. The van der Waals surface area contributed by atoms with E-state index in [0.717, 1.165) is 0 Å². The summed E-state index contributed by atoms with van der Waals surface area (Å²) in [6.07, 6.45) is 0. The number of nitrogens with one attached hydrogen (secondary N) is 2. The van der Waals surface area contributed by atoms with Gasteiger partial charge in [0.1, 0.15) is 5.75 Å². The Morgan fingerprint density at radius 3 is 2.42 bits per heavy atom. The number of fused-ring (bicyclic) bond motifs is 1. The minimum Gasteiger partial charge on any atom is -0.504 e. The average molecular weight is 502 g/mol. The number of aromatic nitrogens is 1. The summed E-state index contributed by atoms with van der Waals surface area (Å²) in [5.41, 5.74) is 2.94. The van der Waals surface area contributed by atoms with Gasteiger partial charge in [-0.05, 0) is 73.7 Å². The summed E-state index contributed by atoms with van der Waals surface area (Å²) in [6, 6.07) is 18.6. The largest absolute Gasteiger partial charge is 0.504 e. The van der Waals surface area contributed by atoms with E-state index in [2.05, 4.69) is 15.6 Å². The molecule has 3 N–H and O–H groups in total. The van der Waals surface area contributed by atoms with Gasteiger partial charge in [-0.15, -0.1) is 0 Å². The summed E-state index contributed by atoms with van der Waals surface area (Å²) in [5, 5.41) is 16.2. The Labute approximate surface area is 212 Å². The summed E-state index contributed by atoms with van der Waals surface area (Å²) in [6.45, 7) is 1.46. The molecule has 182 valence electrons. The normalized spacial score (nSPS) is 10.5. The van der Waals surface area contributed by atoms with E-state index in [1.807, 2.05) is 12.1 Å². The highest BCUT2D eigenvalue weighted by Crippen LogP contribution is 2.33. The lowest BCUT2D eigenvalue weighted by Crippen LogP contribution is -2.34. The molecule has 0 saturated carbocycles. The number of rotatable bonds is 6. The van der Waals surface area contributed by atoms with Crippen LogP contribution in [0.2, 0.25) is 0 Å². The number of aromatic hydroxyl groups is 1. The lowest BCUT2D eigenvalue weighted by molar-refractivity contribution is 0.0976. The summed E-state index contributed by atoms with van der Waals surface area (Å²) >= 11 is 5.37. The fourth-order valence-corrected chi connectivity index (χ4v) is 3.89. The third kappa shape index (κ3) is 5.11. The Hall–Kier alpha value is -4.50. The molecule has 0 fully saturated rings. The number of carbonyl (C=O) groups excluding carboxylic acids is 2. The van der Waals surface area contributed by atoms with Crippen molar-refractivity contribution >= 4 is 45.6 Å². The number of methoxy groups -OCH3 is 2. The Balaban J connectivity index is 1.75. The predicted molar refractivity (Wildman–Crippen MR) is 142 cm³/mol. The molecule has 0 radical (unpaired) electrons. The summed E-state index contributed by atoms with van der Waals surface area (Å²) in [4.78, 5) is 30.1. The minimum atomic E-state index is -0.484. The van der Waals surface area contributed by atoms with Gasteiger partial charge in [-0.2, -0.15) is 0 Å². The number of carbonyl (C=O) groups is 2. The number of anilines is 1. The van der Waals surface area contributed by atoms with E-state index in [1.165, 1.54) is 27.2 Å². The van der Waals surface area contributed by atoms with Crippen molar-refractivity contribution in [2.75, 3.05) is 19.5 Å². The number of para-hydroxylation sites is 2. The molecule has 0 atom stereocenters. The van der Waals surface area contributed by atoms with Gasteiger partial charge >= 0.3 is 0 Å². The molecule has 1 amide bonds. The fourth-order valence-electron chi connectivity index (χ4n) is 3.69. The maximum atomic E-state index is 13.4. The third-order valence-corrected chi connectivity index (χ3v) is 5.72. The number of Topliss-reactive ketones (excluding diaryl/α,β-unsaturated/α-hetero) is 1. The maximum absolute atomic E-state index is 13.4. The van der Waals surface area contributed by atoms with E-state index < -0.39 is 5.91 Å². The van der Waals surface area contributed by atoms with E-state index in [9.17, 15) is 14.7 Å². The molecule has 1 heterocycles. The van der Waals surface area contributed by atoms with Crippen LogP contribution in [-0.2, 0) is 0 Å². The van der Waals surface area contributed by atoms with Crippen LogP contribution >= 0.6 is 12.2 Å². The van der Waals surface area contributed by atoms with Crippen molar-refractivity contribution in [3.05, 3.63) is 77.9 Å². The van der Waals surface area contributed by atoms with Gasteiger partial charge in [0, 0.05) is 16.5 Å². The molecule has 36 heavy (non-hydrogen) atoms. The molecule has 4 aromatic rings. The Morgan fingerprint density at radius 1 is 0.944 bits per heavy atom. The summed E-state index contributed by atoms with van der Waals surface area (Å²) in [7, 11) is 2.99. The second-order valence-corrected chi connectivity index (χ2v) is 8.25. The van der Waals surface area contributed by atoms with Gasteiger partial charge in [0.25, 0.3) is 5.91 Å². The monoisotopic (exact) mass is 501 g/mol. The van der Waals surface area contributed by atoms with Crippen LogP contribution in [0.1, 0.15) is 27.6 Å². The zero-order valence-corrected chi connectivity index (χ0v) is 20.6. The maximum Gasteiger partial charge on any atom is 0.258 e. The molecule has 0 saturated heterocycles. The number of amides is 1. The molecule has 0 spiro atoms. The lowest BCUT2D eigenvalue weighted by Gasteiger charge is -2.14. The Kier molecular flexibility index (Phi) is 7.12. The SMILES string of the molecule is COc1cc(-c2cc(C(=O)NC(=S)Nc3ccccc3OC)c3cc(C(C)=O)ccc3n2)ccc1O. The average Bonchev–Trinajstić information content (AvgIpc) is 2.88. The summed E-state index contributed by atoms with van der Waals surface area (Å²) < 4.78 is 10.5. The standard InChI is InChI=1S/C27H23N3O5S/c1-15(31)16-8-10-20-18(12-16)19(14-22(28-20)17-9-11-23(32)25(13-17)35-3)26(33)30-27(36)29-21-6-4-5-7-24(21)34-2/h4-14,32H,1-3H3,(H2,29,30,33,36). The quantitative estimate of drug-likeness (QED) is 0.251. The van der Waals surface area contributed by atoms with Gasteiger partial charge in [-0.1, -0.05) is 12.1 Å². The molecule has 9 heteroatoms. The molecular formula is C27H23N3O5S. The smallest absolute Gasteiger partial charge is 0.258 e.